The van der Waals surface area contributed by atoms with Gasteiger partial charge in [-0.3, -0.25) is 0 Å². The van der Waals surface area contributed by atoms with Crippen molar-refractivity contribution in [1.29, 1.82) is 0 Å². The number of carbonyl (C=O) groups excluding carboxylic acids is 1. The average molecular weight is 385 g/mol. The van der Waals surface area contributed by atoms with E-state index >= 15 is 0 Å². The van der Waals surface area contributed by atoms with E-state index < -0.39 is 14.0 Å². The fraction of sp³-hybridized carbons (Fsp3) is 0.467. The molecule has 2 aromatic heterocycles. The van der Waals surface area contributed by atoms with Gasteiger partial charge in [0.25, 0.3) is 0 Å². The number of pyridine rings is 1. The summed E-state index contributed by atoms with van der Waals surface area (Å²) in [4.78, 5) is 19.3. The maximum absolute atomic E-state index is 12.0. The standard InChI is InChI=1S/C15H21BrN2O3Si/c1-20-15(19)12-11(9-10-5-6-17-14(10)18-12)13(16)21-7-8-22(2,3)4/h5-6,9,13H,7-8H2,1-4H3,(H,17,18). The van der Waals surface area contributed by atoms with Crippen molar-refractivity contribution in [3.8, 4) is 0 Å². The fourth-order valence-electron chi connectivity index (χ4n) is 1.99. The lowest BCUT2D eigenvalue weighted by molar-refractivity contribution is 0.0586. The largest absolute Gasteiger partial charge is 0.464 e. The van der Waals surface area contributed by atoms with E-state index in [0.717, 1.165) is 11.4 Å². The van der Waals surface area contributed by atoms with Gasteiger partial charge in [0.15, 0.2) is 5.69 Å². The highest BCUT2D eigenvalue weighted by Crippen LogP contribution is 2.30. The summed E-state index contributed by atoms with van der Waals surface area (Å²) in [5, 5.41) is 0.547. The van der Waals surface area contributed by atoms with Gasteiger partial charge in [-0.15, -0.1) is 0 Å². The third-order valence-corrected chi connectivity index (χ3v) is 5.77. The molecule has 22 heavy (non-hydrogen) atoms. The lowest BCUT2D eigenvalue weighted by Gasteiger charge is -2.19. The van der Waals surface area contributed by atoms with Crippen LogP contribution in [0.15, 0.2) is 18.3 Å². The summed E-state index contributed by atoms with van der Waals surface area (Å²) in [7, 11) is 0.191. The Labute approximate surface area is 139 Å². The van der Waals surface area contributed by atoms with Crippen molar-refractivity contribution in [2.75, 3.05) is 13.7 Å². The first kappa shape index (κ1) is 17.2. The number of ether oxygens (including phenoxy) is 2. The number of nitrogens with one attached hydrogen (secondary N) is 1. The van der Waals surface area contributed by atoms with Gasteiger partial charge in [0.1, 0.15) is 10.7 Å². The highest BCUT2D eigenvalue weighted by Gasteiger charge is 2.22. The van der Waals surface area contributed by atoms with Gasteiger partial charge in [-0.2, -0.15) is 0 Å². The van der Waals surface area contributed by atoms with E-state index in [1.807, 2.05) is 12.1 Å². The van der Waals surface area contributed by atoms with Crippen LogP contribution in [0.5, 0.6) is 0 Å². The van der Waals surface area contributed by atoms with Gasteiger partial charge >= 0.3 is 5.97 Å². The summed E-state index contributed by atoms with van der Waals surface area (Å²) in [6, 6.07) is 4.87. The Morgan fingerprint density at radius 3 is 2.82 bits per heavy atom. The van der Waals surface area contributed by atoms with Gasteiger partial charge in [-0.05, 0) is 18.2 Å². The Kier molecular flexibility index (Phi) is 5.41. The molecule has 0 aliphatic heterocycles. The van der Waals surface area contributed by atoms with Crippen LogP contribution in [0.25, 0.3) is 11.0 Å². The van der Waals surface area contributed by atoms with E-state index in [4.69, 9.17) is 9.47 Å². The Bertz CT molecular complexity index is 666. The van der Waals surface area contributed by atoms with Gasteiger partial charge in [0, 0.05) is 31.8 Å². The molecule has 0 amide bonds. The number of halogens is 1. The predicted octanol–water partition coefficient (Wildman–Crippen LogP) is 4.10. The highest BCUT2D eigenvalue weighted by molar-refractivity contribution is 9.09. The minimum Gasteiger partial charge on any atom is -0.464 e. The number of fused-ring (bicyclic) bond motifs is 1. The number of rotatable bonds is 6. The molecule has 0 aliphatic carbocycles. The van der Waals surface area contributed by atoms with Crippen LogP contribution in [-0.4, -0.2) is 37.7 Å². The zero-order valence-corrected chi connectivity index (χ0v) is 15.9. The van der Waals surface area contributed by atoms with Crippen LogP contribution in [0.4, 0.5) is 0 Å². The first-order valence-corrected chi connectivity index (χ1v) is 11.8. The summed E-state index contributed by atoms with van der Waals surface area (Å²) in [5.41, 5.74) is 1.62. The van der Waals surface area contributed by atoms with Gasteiger partial charge in [-0.25, -0.2) is 9.78 Å². The molecule has 0 radical (unpaired) electrons. The molecular formula is C15H21BrN2O3Si. The SMILES string of the molecule is COC(=O)c1nc2[nH]ccc2cc1C(Br)OCC[Si](C)(C)C. The monoisotopic (exact) mass is 384 g/mol. The van der Waals surface area contributed by atoms with Gasteiger partial charge in [0.05, 0.1) is 7.11 Å². The number of aromatic amines is 1. The second-order valence-corrected chi connectivity index (χ2v) is 12.8. The number of H-pyrrole nitrogens is 1. The van der Waals surface area contributed by atoms with E-state index in [1.165, 1.54) is 7.11 Å². The van der Waals surface area contributed by atoms with E-state index in [1.54, 1.807) is 6.20 Å². The highest BCUT2D eigenvalue weighted by atomic mass is 79.9. The Morgan fingerprint density at radius 1 is 1.45 bits per heavy atom. The molecule has 0 aromatic carbocycles. The molecule has 0 bridgehead atoms. The molecule has 0 fully saturated rings. The summed E-state index contributed by atoms with van der Waals surface area (Å²) in [6.07, 6.45) is 1.79. The third-order valence-electron chi connectivity index (χ3n) is 3.30. The molecule has 0 aliphatic rings. The number of aromatic nitrogens is 2. The number of hydrogen-bond donors (Lipinski definition) is 1. The number of esters is 1. The smallest absolute Gasteiger partial charge is 0.357 e. The van der Waals surface area contributed by atoms with Crippen molar-refractivity contribution in [2.45, 2.75) is 30.7 Å². The van der Waals surface area contributed by atoms with Crippen molar-refractivity contribution in [3.05, 3.63) is 29.6 Å². The molecular weight excluding hydrogens is 364 g/mol. The first-order valence-electron chi connectivity index (χ1n) is 7.14. The Morgan fingerprint density at radius 2 is 2.18 bits per heavy atom. The van der Waals surface area contributed by atoms with Crippen LogP contribution in [0.1, 0.15) is 21.1 Å². The average Bonchev–Trinajstić information content (AvgIpc) is 2.90. The van der Waals surface area contributed by atoms with E-state index in [-0.39, 0.29) is 10.7 Å². The zero-order valence-electron chi connectivity index (χ0n) is 13.3. The normalized spacial score (nSPS) is 13.3. The molecule has 7 heteroatoms. The maximum atomic E-state index is 12.0. The molecule has 2 rings (SSSR count). The van der Waals surface area contributed by atoms with Crippen LogP contribution in [-0.2, 0) is 9.47 Å². The van der Waals surface area contributed by atoms with Crippen molar-refractivity contribution in [3.63, 3.8) is 0 Å². The minimum atomic E-state index is -1.16. The number of carbonyl (C=O) groups is 1. The number of hydrogen-bond acceptors (Lipinski definition) is 4. The van der Waals surface area contributed by atoms with Gasteiger partial charge < -0.3 is 14.5 Å². The molecule has 0 saturated heterocycles. The summed E-state index contributed by atoms with van der Waals surface area (Å²) >= 11 is 3.51. The molecule has 1 unspecified atom stereocenters. The maximum Gasteiger partial charge on any atom is 0.357 e. The molecule has 120 valence electrons. The first-order chi connectivity index (χ1) is 10.3. The second-order valence-electron chi connectivity index (χ2n) is 6.33. The van der Waals surface area contributed by atoms with Crippen LogP contribution in [0.3, 0.4) is 0 Å². The zero-order chi connectivity index (χ0) is 16.3. The summed E-state index contributed by atoms with van der Waals surface area (Å²) < 4.78 is 10.7. The predicted molar refractivity (Wildman–Crippen MR) is 93.2 cm³/mol. The molecule has 0 saturated carbocycles. The lowest BCUT2D eigenvalue weighted by Crippen LogP contribution is -2.22. The number of alkyl halides is 1. The van der Waals surface area contributed by atoms with E-state index in [2.05, 4.69) is 45.5 Å². The molecule has 2 aromatic rings. The summed E-state index contributed by atoms with van der Waals surface area (Å²) in [6.45, 7) is 7.55. The lowest BCUT2D eigenvalue weighted by atomic mass is 10.1. The van der Waals surface area contributed by atoms with E-state index in [0.29, 0.717) is 17.8 Å². The van der Waals surface area contributed by atoms with Gasteiger partial charge in [-0.1, -0.05) is 35.6 Å². The molecule has 1 N–H and O–H groups in total. The molecule has 2 heterocycles. The van der Waals surface area contributed by atoms with Crippen molar-refractivity contribution >= 4 is 41.0 Å². The van der Waals surface area contributed by atoms with Crippen LogP contribution < -0.4 is 0 Å². The molecule has 5 nitrogen and oxygen atoms in total. The topological polar surface area (TPSA) is 64.2 Å². The minimum absolute atomic E-state index is 0.271. The molecule has 0 spiro atoms. The summed E-state index contributed by atoms with van der Waals surface area (Å²) in [5.74, 6) is -0.468. The van der Waals surface area contributed by atoms with Crippen LogP contribution in [0.2, 0.25) is 25.7 Å². The fourth-order valence-corrected chi connectivity index (χ4v) is 3.26. The Balaban J connectivity index is 2.25. The second kappa shape index (κ2) is 6.93. The van der Waals surface area contributed by atoms with Crippen LogP contribution in [0, 0.1) is 0 Å². The van der Waals surface area contributed by atoms with E-state index in [9.17, 15) is 4.79 Å². The van der Waals surface area contributed by atoms with Gasteiger partial charge in [0.2, 0.25) is 0 Å². The third kappa shape index (κ3) is 4.18. The molecule has 1 atom stereocenters. The van der Waals surface area contributed by atoms with Crippen molar-refractivity contribution < 1.29 is 14.3 Å². The quantitative estimate of drug-likeness (QED) is 0.462. The number of nitrogens with zero attached hydrogens (tertiary/aromatic N) is 1. The Hall–Kier alpha value is -1.18. The van der Waals surface area contributed by atoms with Crippen molar-refractivity contribution in [2.24, 2.45) is 0 Å². The van der Waals surface area contributed by atoms with Crippen LogP contribution >= 0.6 is 15.9 Å². The van der Waals surface area contributed by atoms with Crippen molar-refractivity contribution in [1.82, 2.24) is 9.97 Å². The number of methoxy groups -OCH3 is 1.